The molecule has 0 aliphatic heterocycles. The molecule has 4 aromatic carbocycles. The molecule has 0 radical (unpaired) electrons. The minimum atomic E-state index is 0.551. The molecule has 5 aromatic rings. The quantitative estimate of drug-likeness (QED) is 0.233. The fourth-order valence-corrected chi connectivity index (χ4v) is 4.46. The van der Waals surface area contributed by atoms with E-state index >= 15 is 0 Å². The second-order valence-electron chi connectivity index (χ2n) is 8.11. The summed E-state index contributed by atoms with van der Waals surface area (Å²) in [6, 6.07) is 31.7. The van der Waals surface area contributed by atoms with Crippen LogP contribution in [0.25, 0.3) is 39.6 Å². The summed E-state index contributed by atoms with van der Waals surface area (Å²) in [5, 5.41) is 0.551. The number of nitrogens with zero attached hydrogens (tertiary/aromatic N) is 2. The normalized spacial score (nSPS) is 10.8. The third kappa shape index (κ3) is 4.41. The molecular formula is C30H25ClN2O3. The second-order valence-corrected chi connectivity index (χ2v) is 8.51. The van der Waals surface area contributed by atoms with Crippen molar-refractivity contribution in [1.29, 1.82) is 0 Å². The Morgan fingerprint density at radius 2 is 1.22 bits per heavy atom. The fourth-order valence-electron chi connectivity index (χ4n) is 4.20. The number of imidazole rings is 1. The van der Waals surface area contributed by atoms with Gasteiger partial charge in [0.1, 0.15) is 23.1 Å². The highest BCUT2D eigenvalue weighted by atomic mass is 35.5. The molecule has 0 unspecified atom stereocenters. The van der Waals surface area contributed by atoms with Crippen molar-refractivity contribution in [3.63, 3.8) is 0 Å². The van der Waals surface area contributed by atoms with Gasteiger partial charge in [-0.05, 0) is 66.7 Å². The number of methoxy groups -OCH3 is 3. The van der Waals surface area contributed by atoms with Crippen LogP contribution in [-0.2, 0) is 0 Å². The molecule has 0 saturated heterocycles. The van der Waals surface area contributed by atoms with Crippen molar-refractivity contribution in [3.05, 3.63) is 102 Å². The van der Waals surface area contributed by atoms with E-state index in [9.17, 15) is 0 Å². The molecule has 5 nitrogen and oxygen atoms in total. The van der Waals surface area contributed by atoms with Crippen molar-refractivity contribution >= 4 is 11.6 Å². The molecule has 0 spiro atoms. The number of hydrogen-bond donors (Lipinski definition) is 0. The zero-order valence-corrected chi connectivity index (χ0v) is 21.0. The van der Waals surface area contributed by atoms with Gasteiger partial charge in [0, 0.05) is 22.4 Å². The molecular weight excluding hydrogens is 472 g/mol. The van der Waals surface area contributed by atoms with Gasteiger partial charge in [0.15, 0.2) is 0 Å². The van der Waals surface area contributed by atoms with E-state index in [-0.39, 0.29) is 0 Å². The van der Waals surface area contributed by atoms with Crippen LogP contribution in [-0.4, -0.2) is 30.9 Å². The topological polar surface area (TPSA) is 45.5 Å². The molecule has 0 saturated carbocycles. The molecule has 0 fully saturated rings. The van der Waals surface area contributed by atoms with Crippen LogP contribution in [0.3, 0.4) is 0 Å². The maximum atomic E-state index is 6.77. The van der Waals surface area contributed by atoms with Gasteiger partial charge in [-0.25, -0.2) is 4.98 Å². The Balaban J connectivity index is 1.84. The number of hydrogen-bond acceptors (Lipinski definition) is 4. The SMILES string of the molecule is COc1ccc(-c2nc(-c3ccc(OC)cc3Cl)n(-c3ccc(OC)cc3)c2-c2ccccc2)cc1. The summed E-state index contributed by atoms with van der Waals surface area (Å²) in [5.74, 6) is 2.97. The number of benzene rings is 4. The van der Waals surface area contributed by atoms with E-state index in [1.165, 1.54) is 0 Å². The zero-order valence-electron chi connectivity index (χ0n) is 20.2. The Morgan fingerprint density at radius 3 is 1.81 bits per heavy atom. The number of aromatic nitrogens is 2. The average Bonchev–Trinajstić information content (AvgIpc) is 3.33. The molecule has 5 rings (SSSR count). The van der Waals surface area contributed by atoms with E-state index in [0.717, 1.165) is 51.1 Å². The van der Waals surface area contributed by atoms with Gasteiger partial charge < -0.3 is 14.2 Å². The highest BCUT2D eigenvalue weighted by molar-refractivity contribution is 6.33. The summed E-state index contributed by atoms with van der Waals surface area (Å²) >= 11 is 6.77. The van der Waals surface area contributed by atoms with Crippen molar-refractivity contribution in [2.24, 2.45) is 0 Å². The Bertz CT molecular complexity index is 1480. The van der Waals surface area contributed by atoms with Crippen molar-refractivity contribution in [3.8, 4) is 56.8 Å². The van der Waals surface area contributed by atoms with Gasteiger partial charge in [0.2, 0.25) is 0 Å². The average molecular weight is 497 g/mol. The molecule has 0 aliphatic carbocycles. The lowest BCUT2D eigenvalue weighted by Crippen LogP contribution is -2.01. The first-order chi connectivity index (χ1) is 17.6. The van der Waals surface area contributed by atoms with Crippen LogP contribution >= 0.6 is 11.6 Å². The predicted molar refractivity (Wildman–Crippen MR) is 145 cm³/mol. The summed E-state index contributed by atoms with van der Waals surface area (Å²) in [5.41, 5.74) is 5.51. The lowest BCUT2D eigenvalue weighted by atomic mass is 10.0. The first kappa shape index (κ1) is 23.5. The van der Waals surface area contributed by atoms with Crippen molar-refractivity contribution < 1.29 is 14.2 Å². The van der Waals surface area contributed by atoms with E-state index in [4.69, 9.17) is 30.8 Å². The first-order valence-electron chi connectivity index (χ1n) is 11.4. The lowest BCUT2D eigenvalue weighted by molar-refractivity contribution is 0.414. The Hall–Kier alpha value is -4.22. The Kier molecular flexibility index (Phi) is 6.65. The molecule has 0 amide bonds. The number of halogens is 1. The Labute approximate surface area is 215 Å². The van der Waals surface area contributed by atoms with Crippen LogP contribution < -0.4 is 14.2 Å². The molecule has 6 heteroatoms. The monoisotopic (exact) mass is 496 g/mol. The summed E-state index contributed by atoms with van der Waals surface area (Å²) in [6.07, 6.45) is 0. The van der Waals surface area contributed by atoms with E-state index in [1.54, 1.807) is 27.4 Å². The van der Waals surface area contributed by atoms with Crippen LogP contribution in [0.5, 0.6) is 17.2 Å². The molecule has 0 atom stereocenters. The maximum Gasteiger partial charge on any atom is 0.147 e. The van der Waals surface area contributed by atoms with Gasteiger partial charge in [-0.15, -0.1) is 0 Å². The molecule has 0 N–H and O–H groups in total. The lowest BCUT2D eigenvalue weighted by Gasteiger charge is -2.15. The largest absolute Gasteiger partial charge is 0.497 e. The van der Waals surface area contributed by atoms with E-state index in [1.807, 2.05) is 78.9 Å². The minimum absolute atomic E-state index is 0.551. The smallest absolute Gasteiger partial charge is 0.147 e. The fraction of sp³-hybridized carbons (Fsp3) is 0.100. The van der Waals surface area contributed by atoms with Gasteiger partial charge in [-0.3, -0.25) is 4.57 Å². The van der Waals surface area contributed by atoms with Crippen LogP contribution in [0, 0.1) is 0 Å². The minimum Gasteiger partial charge on any atom is -0.497 e. The van der Waals surface area contributed by atoms with Gasteiger partial charge in [0.25, 0.3) is 0 Å². The zero-order chi connectivity index (χ0) is 25.1. The summed E-state index contributed by atoms with van der Waals surface area (Å²) < 4.78 is 18.3. The van der Waals surface area contributed by atoms with Crippen molar-refractivity contribution in [2.45, 2.75) is 0 Å². The molecule has 180 valence electrons. The third-order valence-corrected chi connectivity index (χ3v) is 6.35. The van der Waals surface area contributed by atoms with Crippen LogP contribution in [0.4, 0.5) is 0 Å². The van der Waals surface area contributed by atoms with Crippen molar-refractivity contribution in [2.75, 3.05) is 21.3 Å². The highest BCUT2D eigenvalue weighted by Gasteiger charge is 2.24. The number of rotatable bonds is 7. The molecule has 36 heavy (non-hydrogen) atoms. The van der Waals surface area contributed by atoms with Gasteiger partial charge in [0.05, 0.1) is 37.7 Å². The standard InChI is InChI=1S/C30H25ClN2O3/c1-34-23-13-9-20(10-14-23)28-29(21-7-5-4-6-8-21)33(22-11-15-24(35-2)16-12-22)30(32-28)26-18-17-25(36-3)19-27(26)31/h4-19H,1-3H3. The van der Waals surface area contributed by atoms with Gasteiger partial charge in [-0.2, -0.15) is 0 Å². The van der Waals surface area contributed by atoms with E-state index < -0.39 is 0 Å². The van der Waals surface area contributed by atoms with Crippen LogP contribution in [0.1, 0.15) is 0 Å². The third-order valence-electron chi connectivity index (χ3n) is 6.04. The molecule has 0 bridgehead atoms. The molecule has 1 heterocycles. The maximum absolute atomic E-state index is 6.77. The Morgan fingerprint density at radius 1 is 0.639 bits per heavy atom. The second kappa shape index (κ2) is 10.2. The van der Waals surface area contributed by atoms with E-state index in [0.29, 0.717) is 10.8 Å². The van der Waals surface area contributed by atoms with Crippen molar-refractivity contribution in [1.82, 2.24) is 9.55 Å². The predicted octanol–water partition coefficient (Wildman–Crippen LogP) is 7.55. The van der Waals surface area contributed by atoms with Gasteiger partial charge in [-0.1, -0.05) is 41.9 Å². The highest BCUT2D eigenvalue weighted by Crippen LogP contribution is 2.41. The van der Waals surface area contributed by atoms with E-state index in [2.05, 4.69) is 16.7 Å². The molecule has 0 aliphatic rings. The van der Waals surface area contributed by atoms with Crippen LogP contribution in [0.15, 0.2) is 97.1 Å². The van der Waals surface area contributed by atoms with Gasteiger partial charge >= 0.3 is 0 Å². The number of ether oxygens (including phenoxy) is 3. The summed E-state index contributed by atoms with van der Waals surface area (Å²) in [7, 11) is 4.94. The van der Waals surface area contributed by atoms with Crippen LogP contribution in [0.2, 0.25) is 5.02 Å². The first-order valence-corrected chi connectivity index (χ1v) is 11.8. The molecule has 1 aromatic heterocycles. The summed E-state index contributed by atoms with van der Waals surface area (Å²) in [4.78, 5) is 5.18. The summed E-state index contributed by atoms with van der Waals surface area (Å²) in [6.45, 7) is 0.